The van der Waals surface area contributed by atoms with Crippen LogP contribution in [-0.2, 0) is 9.73 Å². The standard InChI is InChI=1S/C7H9N3OS/c1-5-6(3-8)7(9)4-12(2,11)10-5/h4H,9H2,1-2H3. The minimum Gasteiger partial charge on any atom is -0.397 e. The first kappa shape index (κ1) is 8.81. The molecule has 0 aromatic heterocycles. The van der Waals surface area contributed by atoms with Crippen molar-refractivity contribution in [3.8, 4) is 6.07 Å². The Labute approximate surface area is 71.6 Å². The Balaban J connectivity index is 3.47. The molecule has 1 unspecified atom stereocenters. The minimum absolute atomic E-state index is 0.262. The first-order valence-corrected chi connectivity index (χ1v) is 5.25. The van der Waals surface area contributed by atoms with Crippen LogP contribution in [0.3, 0.4) is 0 Å². The third kappa shape index (κ3) is 1.48. The van der Waals surface area contributed by atoms with Crippen LogP contribution in [0.4, 0.5) is 0 Å². The number of nitrogens with zero attached hydrogens (tertiary/aromatic N) is 2. The molecule has 1 aliphatic rings. The van der Waals surface area contributed by atoms with E-state index in [-0.39, 0.29) is 5.70 Å². The maximum absolute atomic E-state index is 11.4. The van der Waals surface area contributed by atoms with E-state index in [1.54, 1.807) is 6.92 Å². The molecule has 0 saturated heterocycles. The molecule has 0 radical (unpaired) electrons. The van der Waals surface area contributed by atoms with E-state index in [9.17, 15) is 4.21 Å². The smallest absolute Gasteiger partial charge is 0.103 e. The molecule has 2 N–H and O–H groups in total. The van der Waals surface area contributed by atoms with Crippen molar-refractivity contribution in [3.05, 3.63) is 22.4 Å². The molecule has 1 heterocycles. The van der Waals surface area contributed by atoms with Gasteiger partial charge in [0.1, 0.15) is 6.07 Å². The van der Waals surface area contributed by atoms with Crippen molar-refractivity contribution < 1.29 is 4.21 Å². The average molecular weight is 183 g/mol. The van der Waals surface area contributed by atoms with Crippen molar-refractivity contribution >= 4 is 9.73 Å². The summed E-state index contributed by atoms with van der Waals surface area (Å²) in [5, 5.41) is 9.95. The van der Waals surface area contributed by atoms with Crippen LogP contribution < -0.4 is 5.73 Å². The molecule has 4 nitrogen and oxygen atoms in total. The Morgan fingerprint density at radius 2 is 2.33 bits per heavy atom. The highest BCUT2D eigenvalue weighted by Gasteiger charge is 2.13. The van der Waals surface area contributed by atoms with Gasteiger partial charge < -0.3 is 5.73 Å². The van der Waals surface area contributed by atoms with Crippen LogP contribution in [0.15, 0.2) is 26.7 Å². The fourth-order valence-electron chi connectivity index (χ4n) is 0.993. The van der Waals surface area contributed by atoms with Crippen LogP contribution in [0, 0.1) is 11.3 Å². The fraction of sp³-hybridized carbons (Fsp3) is 0.286. The molecule has 1 aliphatic heterocycles. The summed E-state index contributed by atoms with van der Waals surface area (Å²) in [4.78, 5) is 0. The SMILES string of the molecule is CC1=C(C#N)C(N)=CS(C)(=O)=N1. The Morgan fingerprint density at radius 3 is 2.75 bits per heavy atom. The zero-order valence-electron chi connectivity index (χ0n) is 6.87. The molecular formula is C7H9N3OS. The van der Waals surface area contributed by atoms with E-state index in [0.29, 0.717) is 11.3 Å². The predicted molar refractivity (Wildman–Crippen MR) is 47.1 cm³/mol. The van der Waals surface area contributed by atoms with Crippen molar-refractivity contribution in [3.63, 3.8) is 0 Å². The molecule has 0 fully saturated rings. The molecule has 0 aromatic carbocycles. The number of nitriles is 1. The molecule has 5 heteroatoms. The topological polar surface area (TPSA) is 79.2 Å². The minimum atomic E-state index is -2.35. The van der Waals surface area contributed by atoms with Crippen LogP contribution in [0.25, 0.3) is 0 Å². The van der Waals surface area contributed by atoms with Gasteiger partial charge in [0.2, 0.25) is 0 Å². The number of hydrogen-bond donors (Lipinski definition) is 1. The zero-order valence-corrected chi connectivity index (χ0v) is 7.68. The van der Waals surface area contributed by atoms with Crippen molar-refractivity contribution in [1.82, 2.24) is 0 Å². The highest BCUT2D eigenvalue weighted by Crippen LogP contribution is 2.19. The van der Waals surface area contributed by atoms with E-state index in [0.717, 1.165) is 0 Å². The first-order chi connectivity index (χ1) is 5.46. The quantitative estimate of drug-likeness (QED) is 0.600. The van der Waals surface area contributed by atoms with E-state index in [1.165, 1.54) is 11.7 Å². The average Bonchev–Trinajstić information content (AvgIpc) is 1.82. The first-order valence-electron chi connectivity index (χ1n) is 3.27. The number of rotatable bonds is 0. The number of nitrogens with two attached hydrogens (primary N) is 1. The highest BCUT2D eigenvalue weighted by atomic mass is 32.2. The van der Waals surface area contributed by atoms with Gasteiger partial charge in [-0.25, -0.2) is 4.21 Å². The second-order valence-electron chi connectivity index (χ2n) is 2.60. The molecule has 12 heavy (non-hydrogen) atoms. The summed E-state index contributed by atoms with van der Waals surface area (Å²) < 4.78 is 15.3. The molecule has 0 aliphatic carbocycles. The van der Waals surface area contributed by atoms with E-state index in [4.69, 9.17) is 11.0 Å². The summed E-state index contributed by atoms with van der Waals surface area (Å²) in [6, 6.07) is 1.91. The van der Waals surface area contributed by atoms with Crippen LogP contribution in [0.1, 0.15) is 6.92 Å². The monoisotopic (exact) mass is 183 g/mol. The molecule has 1 atom stereocenters. The van der Waals surface area contributed by atoms with Crippen LogP contribution in [-0.4, -0.2) is 10.5 Å². The lowest BCUT2D eigenvalue weighted by Gasteiger charge is -2.09. The van der Waals surface area contributed by atoms with Gasteiger partial charge >= 0.3 is 0 Å². The summed E-state index contributed by atoms with van der Waals surface area (Å²) in [5.41, 5.74) is 6.52. The van der Waals surface area contributed by atoms with Gasteiger partial charge in [-0.05, 0) is 6.92 Å². The normalized spacial score (nSPS) is 28.9. The Kier molecular flexibility index (Phi) is 1.94. The second kappa shape index (κ2) is 2.64. The highest BCUT2D eigenvalue weighted by molar-refractivity contribution is 7.95. The lowest BCUT2D eigenvalue weighted by molar-refractivity contribution is 0.685. The lowest BCUT2D eigenvalue weighted by Crippen LogP contribution is -2.09. The third-order valence-corrected chi connectivity index (χ3v) is 2.75. The Morgan fingerprint density at radius 1 is 1.75 bits per heavy atom. The molecule has 64 valence electrons. The van der Waals surface area contributed by atoms with Crippen LogP contribution >= 0.6 is 0 Å². The summed E-state index contributed by atoms with van der Waals surface area (Å²) in [5.74, 6) is 0. The maximum Gasteiger partial charge on any atom is 0.103 e. The summed E-state index contributed by atoms with van der Waals surface area (Å²) in [6.45, 7) is 1.63. The summed E-state index contributed by atoms with van der Waals surface area (Å²) >= 11 is 0. The van der Waals surface area contributed by atoms with E-state index < -0.39 is 9.73 Å². The molecule has 0 amide bonds. The van der Waals surface area contributed by atoms with Crippen molar-refractivity contribution in [2.75, 3.05) is 6.26 Å². The Bertz CT molecular complexity index is 430. The summed E-state index contributed by atoms with van der Waals surface area (Å²) in [7, 11) is -2.35. The summed E-state index contributed by atoms with van der Waals surface area (Å²) in [6.07, 6.45) is 1.48. The van der Waals surface area contributed by atoms with Gasteiger partial charge in [-0.3, -0.25) is 0 Å². The maximum atomic E-state index is 11.4. The Hall–Kier alpha value is -1.28. The number of hydrogen-bond acceptors (Lipinski definition) is 4. The van der Waals surface area contributed by atoms with Crippen molar-refractivity contribution in [2.45, 2.75) is 6.92 Å². The van der Waals surface area contributed by atoms with Gasteiger partial charge in [-0.1, -0.05) is 0 Å². The van der Waals surface area contributed by atoms with Crippen LogP contribution in [0.2, 0.25) is 0 Å². The molecule has 0 saturated carbocycles. The van der Waals surface area contributed by atoms with Gasteiger partial charge in [-0.2, -0.15) is 9.62 Å². The second-order valence-corrected chi connectivity index (χ2v) is 4.74. The van der Waals surface area contributed by atoms with E-state index in [1.807, 2.05) is 6.07 Å². The molecule has 0 bridgehead atoms. The largest absolute Gasteiger partial charge is 0.397 e. The van der Waals surface area contributed by atoms with Gasteiger partial charge in [0.15, 0.2) is 0 Å². The van der Waals surface area contributed by atoms with Crippen LogP contribution in [0.5, 0.6) is 0 Å². The number of allylic oxidation sites excluding steroid dienone is 2. The van der Waals surface area contributed by atoms with Gasteiger partial charge in [0.05, 0.1) is 26.7 Å². The molecule has 0 aromatic rings. The molecular weight excluding hydrogens is 174 g/mol. The lowest BCUT2D eigenvalue weighted by atomic mass is 10.2. The van der Waals surface area contributed by atoms with Gasteiger partial charge in [0, 0.05) is 11.7 Å². The van der Waals surface area contributed by atoms with Crippen molar-refractivity contribution in [1.29, 1.82) is 5.26 Å². The molecule has 0 spiro atoms. The predicted octanol–water partition coefficient (Wildman–Crippen LogP) is 0.695. The molecule has 1 rings (SSSR count). The van der Waals surface area contributed by atoms with E-state index >= 15 is 0 Å². The van der Waals surface area contributed by atoms with E-state index in [2.05, 4.69) is 4.36 Å². The third-order valence-electron chi connectivity index (χ3n) is 1.43. The zero-order chi connectivity index (χ0) is 9.35. The van der Waals surface area contributed by atoms with Gasteiger partial charge in [0.25, 0.3) is 0 Å². The van der Waals surface area contributed by atoms with Crippen molar-refractivity contribution in [2.24, 2.45) is 10.1 Å². The fourth-order valence-corrected chi connectivity index (χ4v) is 2.27. The van der Waals surface area contributed by atoms with Gasteiger partial charge in [-0.15, -0.1) is 0 Å².